The zero-order valence-electron chi connectivity index (χ0n) is 13.7. The Morgan fingerprint density at radius 1 is 1.23 bits per heavy atom. The number of nitrogens with one attached hydrogen (secondary N) is 1. The summed E-state index contributed by atoms with van der Waals surface area (Å²) in [7, 11) is 1.87. The van der Waals surface area contributed by atoms with Crippen LogP contribution in [0.4, 0.5) is 5.82 Å². The Labute approximate surface area is 151 Å². The number of aliphatic imine (C=N–C) groups is 1. The highest BCUT2D eigenvalue weighted by Crippen LogP contribution is 2.12. The van der Waals surface area contributed by atoms with E-state index in [1.165, 1.54) is 19.3 Å². The number of hydrogen-bond donors (Lipinski definition) is 1. The first kappa shape index (κ1) is 19.0. The smallest absolute Gasteiger partial charge is 0.193 e. The fourth-order valence-electron chi connectivity index (χ4n) is 2.60. The van der Waals surface area contributed by atoms with Crippen LogP contribution in [0, 0.1) is 0 Å². The van der Waals surface area contributed by atoms with Gasteiger partial charge >= 0.3 is 0 Å². The minimum Gasteiger partial charge on any atom is -0.356 e. The average molecular weight is 417 g/mol. The lowest BCUT2D eigenvalue weighted by Crippen LogP contribution is -2.52. The fraction of sp³-hybridized carbons (Fsp3) is 0.625. The van der Waals surface area contributed by atoms with Crippen molar-refractivity contribution >= 4 is 35.8 Å². The molecule has 0 aromatic carbocycles. The van der Waals surface area contributed by atoms with Crippen LogP contribution in [-0.4, -0.2) is 55.6 Å². The van der Waals surface area contributed by atoms with Crippen LogP contribution in [0.1, 0.15) is 26.2 Å². The van der Waals surface area contributed by atoms with Crippen LogP contribution in [0.3, 0.4) is 0 Å². The van der Waals surface area contributed by atoms with E-state index in [2.05, 4.69) is 38.1 Å². The molecule has 2 heterocycles. The molecule has 1 aliphatic rings. The van der Waals surface area contributed by atoms with Gasteiger partial charge in [-0.2, -0.15) is 0 Å². The summed E-state index contributed by atoms with van der Waals surface area (Å²) < 4.78 is 0. The normalized spacial score (nSPS) is 15.5. The Kier molecular flexibility index (Phi) is 9.19. The topological polar surface area (TPSA) is 43.8 Å². The van der Waals surface area contributed by atoms with Gasteiger partial charge in [-0.15, -0.1) is 24.0 Å². The van der Waals surface area contributed by atoms with Gasteiger partial charge < -0.3 is 15.1 Å². The number of nitrogens with zero attached hydrogens (tertiary/aromatic N) is 4. The lowest BCUT2D eigenvalue weighted by molar-refractivity contribution is 0.371. The first-order valence-electron chi connectivity index (χ1n) is 7.96. The van der Waals surface area contributed by atoms with Gasteiger partial charge in [-0.05, 0) is 18.6 Å². The zero-order valence-corrected chi connectivity index (χ0v) is 16.0. The van der Waals surface area contributed by atoms with Crippen LogP contribution in [0.25, 0.3) is 0 Å². The molecule has 6 heteroatoms. The Bertz CT molecular complexity index is 429. The molecule has 1 fully saturated rings. The first-order valence-corrected chi connectivity index (χ1v) is 7.96. The van der Waals surface area contributed by atoms with E-state index in [1.54, 1.807) is 0 Å². The van der Waals surface area contributed by atoms with Crippen molar-refractivity contribution in [3.8, 4) is 0 Å². The summed E-state index contributed by atoms with van der Waals surface area (Å²) in [6, 6.07) is 6.08. The maximum atomic E-state index is 4.42. The van der Waals surface area contributed by atoms with Crippen molar-refractivity contribution < 1.29 is 0 Å². The van der Waals surface area contributed by atoms with Crippen molar-refractivity contribution in [2.24, 2.45) is 4.99 Å². The van der Waals surface area contributed by atoms with Gasteiger partial charge in [0.05, 0.1) is 0 Å². The molecule has 0 radical (unpaired) electrons. The van der Waals surface area contributed by atoms with Gasteiger partial charge in [0.2, 0.25) is 0 Å². The van der Waals surface area contributed by atoms with Crippen LogP contribution < -0.4 is 10.2 Å². The fourth-order valence-corrected chi connectivity index (χ4v) is 2.60. The highest BCUT2D eigenvalue weighted by molar-refractivity contribution is 14.0. The Morgan fingerprint density at radius 3 is 2.59 bits per heavy atom. The summed E-state index contributed by atoms with van der Waals surface area (Å²) in [5.74, 6) is 2.11. The molecule has 1 N–H and O–H groups in total. The Hall–Kier alpha value is -1.05. The largest absolute Gasteiger partial charge is 0.356 e. The van der Waals surface area contributed by atoms with Crippen LogP contribution in [0.5, 0.6) is 0 Å². The molecule has 2 rings (SSSR count). The summed E-state index contributed by atoms with van der Waals surface area (Å²) >= 11 is 0. The monoisotopic (exact) mass is 417 g/mol. The van der Waals surface area contributed by atoms with E-state index in [-0.39, 0.29) is 24.0 Å². The minimum absolute atomic E-state index is 0. The molecule has 0 unspecified atom stereocenters. The molecule has 1 saturated heterocycles. The van der Waals surface area contributed by atoms with E-state index in [0.717, 1.165) is 44.5 Å². The molecule has 124 valence electrons. The zero-order chi connectivity index (χ0) is 14.9. The van der Waals surface area contributed by atoms with E-state index in [9.17, 15) is 0 Å². The molecule has 0 amide bonds. The molecule has 22 heavy (non-hydrogen) atoms. The second-order valence-electron chi connectivity index (χ2n) is 5.34. The minimum atomic E-state index is 0. The third-order valence-corrected chi connectivity index (χ3v) is 3.83. The van der Waals surface area contributed by atoms with Crippen LogP contribution in [-0.2, 0) is 0 Å². The molecular weight excluding hydrogens is 389 g/mol. The predicted molar refractivity (Wildman–Crippen MR) is 104 cm³/mol. The molecular formula is C16H28IN5. The summed E-state index contributed by atoms with van der Waals surface area (Å²) in [6.07, 6.45) is 5.60. The van der Waals surface area contributed by atoms with Gasteiger partial charge in [0.1, 0.15) is 5.82 Å². The molecule has 0 atom stereocenters. The van der Waals surface area contributed by atoms with Gasteiger partial charge in [-0.1, -0.05) is 25.8 Å². The number of aromatic nitrogens is 1. The predicted octanol–water partition coefficient (Wildman–Crippen LogP) is 2.59. The third kappa shape index (κ3) is 5.62. The number of rotatable bonds is 5. The first-order chi connectivity index (χ1) is 10.3. The maximum Gasteiger partial charge on any atom is 0.193 e. The van der Waals surface area contributed by atoms with E-state index < -0.39 is 0 Å². The van der Waals surface area contributed by atoms with Crippen molar-refractivity contribution in [1.82, 2.24) is 15.2 Å². The summed E-state index contributed by atoms with van der Waals surface area (Å²) in [6.45, 7) is 7.21. The molecule has 0 saturated carbocycles. The van der Waals surface area contributed by atoms with Crippen molar-refractivity contribution in [2.45, 2.75) is 26.2 Å². The Morgan fingerprint density at radius 2 is 2.00 bits per heavy atom. The summed E-state index contributed by atoms with van der Waals surface area (Å²) in [5, 5.41) is 3.47. The Balaban J connectivity index is 0.00000242. The lowest BCUT2D eigenvalue weighted by Gasteiger charge is -2.37. The SMILES string of the molecule is CCCCCNC(=NC)N1CCN(c2ccccn2)CC1.I. The van der Waals surface area contributed by atoms with E-state index in [0.29, 0.717) is 0 Å². The molecule has 0 aliphatic carbocycles. The molecule has 1 aliphatic heterocycles. The highest BCUT2D eigenvalue weighted by Gasteiger charge is 2.19. The van der Waals surface area contributed by atoms with Gasteiger partial charge in [0, 0.05) is 46.0 Å². The van der Waals surface area contributed by atoms with Crippen LogP contribution >= 0.6 is 24.0 Å². The number of hydrogen-bond acceptors (Lipinski definition) is 3. The van der Waals surface area contributed by atoms with E-state index >= 15 is 0 Å². The molecule has 1 aromatic heterocycles. The average Bonchev–Trinajstić information content (AvgIpc) is 2.56. The number of unbranched alkanes of at least 4 members (excludes halogenated alkanes) is 2. The van der Waals surface area contributed by atoms with E-state index in [1.807, 2.05) is 25.4 Å². The molecule has 1 aromatic rings. The quantitative estimate of drug-likeness (QED) is 0.346. The molecule has 5 nitrogen and oxygen atoms in total. The van der Waals surface area contributed by atoms with Crippen molar-refractivity contribution in [3.63, 3.8) is 0 Å². The number of pyridine rings is 1. The number of piperazine rings is 1. The van der Waals surface area contributed by atoms with E-state index in [4.69, 9.17) is 0 Å². The van der Waals surface area contributed by atoms with Gasteiger partial charge in [0.15, 0.2) is 5.96 Å². The van der Waals surface area contributed by atoms with Crippen LogP contribution in [0.15, 0.2) is 29.4 Å². The van der Waals surface area contributed by atoms with Gasteiger partial charge in [-0.3, -0.25) is 4.99 Å². The standard InChI is InChI=1S/C16H27N5.HI/c1-3-4-6-10-19-16(17-2)21-13-11-20(12-14-21)15-8-5-7-9-18-15;/h5,7-9H,3-4,6,10-14H2,1-2H3,(H,17,19);1H. The molecule has 0 bridgehead atoms. The summed E-state index contributed by atoms with van der Waals surface area (Å²) in [4.78, 5) is 13.5. The molecule has 0 spiro atoms. The lowest BCUT2D eigenvalue weighted by atomic mass is 10.2. The highest BCUT2D eigenvalue weighted by atomic mass is 127. The van der Waals surface area contributed by atoms with Gasteiger partial charge in [-0.25, -0.2) is 4.98 Å². The van der Waals surface area contributed by atoms with Crippen molar-refractivity contribution in [1.29, 1.82) is 0 Å². The second-order valence-corrected chi connectivity index (χ2v) is 5.34. The van der Waals surface area contributed by atoms with Crippen LogP contribution in [0.2, 0.25) is 0 Å². The maximum absolute atomic E-state index is 4.42. The second kappa shape index (κ2) is 10.6. The van der Waals surface area contributed by atoms with Gasteiger partial charge in [0.25, 0.3) is 0 Å². The van der Waals surface area contributed by atoms with Crippen molar-refractivity contribution in [3.05, 3.63) is 24.4 Å². The number of anilines is 1. The summed E-state index contributed by atoms with van der Waals surface area (Å²) in [5.41, 5.74) is 0. The number of halogens is 1. The van der Waals surface area contributed by atoms with Crippen molar-refractivity contribution in [2.75, 3.05) is 44.7 Å². The number of guanidine groups is 1. The third-order valence-electron chi connectivity index (χ3n) is 3.83.